The van der Waals surface area contributed by atoms with Gasteiger partial charge in [-0.15, -0.1) is 10.2 Å². The van der Waals surface area contributed by atoms with Gasteiger partial charge in [0.1, 0.15) is 4.90 Å². The molecule has 4 aromatic rings. The van der Waals surface area contributed by atoms with Gasteiger partial charge < -0.3 is 15.6 Å². The predicted octanol–water partition coefficient (Wildman–Crippen LogP) is 0.00520. The summed E-state index contributed by atoms with van der Waals surface area (Å²) in [5.74, 6) is 0.0555. The van der Waals surface area contributed by atoms with Crippen LogP contribution < -0.4 is 15.4 Å². The zero-order valence-electron chi connectivity index (χ0n) is 17.6. The Morgan fingerprint density at radius 2 is 2.00 bits per heavy atom. The Bertz CT molecular complexity index is 1620. The van der Waals surface area contributed by atoms with Gasteiger partial charge in [-0.3, -0.25) is 0 Å². The standard InChI is InChI=1S/C19H20N10O3S2/c30-33(24-9-11-8-20-6-7-21-11)15-5-4-12(13-2-1-3-14-17(13)23-10-22-14)16(19-25-27-28-26-19)18(15)34(31,32)29-33/h1-5,10-11,20-21H,6-9H2,(H,22,23)(H,24,29,30)(H,25,26,27,28)/t11-,33?/m1/s1. The minimum atomic E-state index is -4.29. The summed E-state index contributed by atoms with van der Waals surface area (Å²) in [5, 5.41) is 20.6. The molecule has 0 spiro atoms. The summed E-state index contributed by atoms with van der Waals surface area (Å²) in [7, 11) is -7.75. The van der Waals surface area contributed by atoms with Gasteiger partial charge in [-0.05, 0) is 22.9 Å². The molecule has 2 aromatic heterocycles. The third-order valence-corrected chi connectivity index (χ3v) is 10.0. The monoisotopic (exact) mass is 500 g/mol. The number of fused-ring (bicyclic) bond motifs is 2. The highest BCUT2D eigenvalue weighted by Gasteiger charge is 2.39. The summed E-state index contributed by atoms with van der Waals surface area (Å²) in [6, 6.07) is 8.75. The zero-order chi connectivity index (χ0) is 23.3. The van der Waals surface area contributed by atoms with E-state index in [9.17, 15) is 12.6 Å². The number of tetrazole rings is 1. The van der Waals surface area contributed by atoms with Crippen molar-refractivity contribution in [1.29, 1.82) is 0 Å². The summed E-state index contributed by atoms with van der Waals surface area (Å²) >= 11 is 0. The van der Waals surface area contributed by atoms with E-state index in [-0.39, 0.29) is 33.8 Å². The van der Waals surface area contributed by atoms with Crippen molar-refractivity contribution in [3.63, 3.8) is 0 Å². The van der Waals surface area contributed by atoms with Crippen molar-refractivity contribution in [3.05, 3.63) is 36.7 Å². The fourth-order valence-corrected chi connectivity index (χ4v) is 8.89. The first kappa shape index (κ1) is 21.3. The van der Waals surface area contributed by atoms with Gasteiger partial charge in [-0.2, -0.15) is 13.6 Å². The van der Waals surface area contributed by atoms with Gasteiger partial charge in [0.25, 0.3) is 10.0 Å². The number of benzene rings is 2. The van der Waals surface area contributed by atoms with E-state index >= 15 is 0 Å². The summed E-state index contributed by atoms with van der Waals surface area (Å²) in [6.07, 6.45) is 1.56. The molecular weight excluding hydrogens is 480 g/mol. The molecule has 1 saturated heterocycles. The van der Waals surface area contributed by atoms with Crippen molar-refractivity contribution in [2.24, 2.45) is 3.77 Å². The third kappa shape index (κ3) is 3.40. The minimum absolute atomic E-state index is 0.0118. The van der Waals surface area contributed by atoms with E-state index in [0.717, 1.165) is 18.6 Å². The number of sulfonamides is 1. The van der Waals surface area contributed by atoms with Crippen LogP contribution >= 0.6 is 0 Å². The summed E-state index contributed by atoms with van der Waals surface area (Å²) in [4.78, 5) is 7.32. The van der Waals surface area contributed by atoms with Crippen LogP contribution in [-0.2, 0) is 19.9 Å². The first-order valence-corrected chi connectivity index (χ1v) is 13.5. The van der Waals surface area contributed by atoms with Gasteiger partial charge in [-0.25, -0.2) is 13.9 Å². The number of rotatable bonds is 5. The van der Waals surface area contributed by atoms with Crippen LogP contribution in [0.3, 0.4) is 0 Å². The molecule has 6 rings (SSSR count). The third-order valence-electron chi connectivity index (χ3n) is 5.84. The molecule has 0 saturated carbocycles. The van der Waals surface area contributed by atoms with E-state index < -0.39 is 19.9 Å². The normalized spacial score (nSPS) is 23.6. The highest BCUT2D eigenvalue weighted by Crippen LogP contribution is 2.44. The molecule has 0 bridgehead atoms. The number of para-hydroxylation sites is 1. The Balaban J connectivity index is 1.54. The van der Waals surface area contributed by atoms with Crippen LogP contribution in [0.1, 0.15) is 0 Å². The molecule has 15 heteroatoms. The smallest absolute Gasteiger partial charge is 0.293 e. The SMILES string of the molecule is O=S1(=O)N=S(=O)(NC[C@H]2CNCCN2)c2ccc(-c3cccc4[nH]cnc34)c(-c3nn[nH]n3)c21. The van der Waals surface area contributed by atoms with Gasteiger partial charge in [0.05, 0.1) is 27.8 Å². The fraction of sp³-hybridized carbons (Fsp3) is 0.263. The van der Waals surface area contributed by atoms with Crippen molar-refractivity contribution < 1.29 is 12.6 Å². The zero-order valence-corrected chi connectivity index (χ0v) is 19.3. The van der Waals surface area contributed by atoms with Crippen LogP contribution in [0.15, 0.2) is 50.2 Å². The van der Waals surface area contributed by atoms with Crippen molar-refractivity contribution in [1.82, 2.24) is 45.9 Å². The minimum Gasteiger partial charge on any atom is -0.345 e. The Morgan fingerprint density at radius 1 is 1.09 bits per heavy atom. The number of nitrogens with zero attached hydrogens (tertiary/aromatic N) is 5. The quantitative estimate of drug-likeness (QED) is 0.252. The first-order chi connectivity index (χ1) is 16.5. The fourth-order valence-electron chi connectivity index (χ4n) is 4.33. The Labute approximate surface area is 194 Å². The number of aromatic nitrogens is 6. The molecule has 5 N–H and O–H groups in total. The van der Waals surface area contributed by atoms with Crippen molar-refractivity contribution in [2.45, 2.75) is 15.8 Å². The Morgan fingerprint density at radius 3 is 2.79 bits per heavy atom. The summed E-state index contributed by atoms with van der Waals surface area (Å²) in [5.41, 5.74) is 2.78. The topological polar surface area (TPSA) is 183 Å². The second-order valence-corrected chi connectivity index (χ2v) is 11.7. The molecule has 0 aliphatic carbocycles. The van der Waals surface area contributed by atoms with Gasteiger partial charge in [-0.1, -0.05) is 22.0 Å². The maximum absolute atomic E-state index is 13.8. The largest absolute Gasteiger partial charge is 0.345 e. The van der Waals surface area contributed by atoms with Gasteiger partial charge in [0.15, 0.2) is 9.92 Å². The van der Waals surface area contributed by atoms with Crippen LogP contribution in [-0.4, -0.2) is 75.4 Å². The van der Waals surface area contributed by atoms with Crippen LogP contribution in [0.5, 0.6) is 0 Å². The number of hydrogen-bond donors (Lipinski definition) is 5. The molecule has 1 unspecified atom stereocenters. The maximum atomic E-state index is 13.8. The molecule has 0 radical (unpaired) electrons. The Hall–Kier alpha value is -3.24. The van der Waals surface area contributed by atoms with Gasteiger partial charge in [0.2, 0.25) is 5.82 Å². The number of H-pyrrole nitrogens is 2. The molecule has 13 nitrogen and oxygen atoms in total. The maximum Gasteiger partial charge on any atom is 0.293 e. The van der Waals surface area contributed by atoms with Gasteiger partial charge >= 0.3 is 0 Å². The van der Waals surface area contributed by atoms with E-state index in [0.29, 0.717) is 23.2 Å². The Kier molecular flexibility index (Phi) is 4.96. The molecule has 2 aliphatic heterocycles. The average Bonchev–Trinajstić information content (AvgIpc) is 3.57. The second-order valence-electron chi connectivity index (χ2n) is 7.93. The van der Waals surface area contributed by atoms with Crippen molar-refractivity contribution >= 4 is 31.0 Å². The van der Waals surface area contributed by atoms with Crippen LogP contribution in [0, 0.1) is 0 Å². The van der Waals surface area contributed by atoms with Crippen LogP contribution in [0.2, 0.25) is 0 Å². The summed E-state index contributed by atoms with van der Waals surface area (Å²) < 4.78 is 47.1. The molecular formula is C19H20N10O3S2. The molecule has 34 heavy (non-hydrogen) atoms. The number of hydrogen-bond acceptors (Lipinski definition) is 9. The van der Waals surface area contributed by atoms with Crippen molar-refractivity contribution in [2.75, 3.05) is 26.2 Å². The lowest BCUT2D eigenvalue weighted by atomic mass is 9.98. The van der Waals surface area contributed by atoms with E-state index in [4.69, 9.17) is 0 Å². The van der Waals surface area contributed by atoms with E-state index in [2.05, 4.69) is 49.7 Å². The predicted molar refractivity (Wildman–Crippen MR) is 123 cm³/mol. The lowest BCUT2D eigenvalue weighted by molar-refractivity contribution is 0.417. The molecule has 0 amide bonds. The van der Waals surface area contributed by atoms with Crippen LogP contribution in [0.4, 0.5) is 0 Å². The second kappa shape index (κ2) is 7.92. The number of piperazine rings is 1. The van der Waals surface area contributed by atoms with E-state index in [1.165, 1.54) is 6.07 Å². The molecule has 4 heterocycles. The number of imidazole rings is 1. The highest BCUT2D eigenvalue weighted by atomic mass is 32.3. The molecule has 1 fully saturated rings. The average molecular weight is 501 g/mol. The molecule has 2 atom stereocenters. The summed E-state index contributed by atoms with van der Waals surface area (Å²) in [6.45, 7) is 2.55. The van der Waals surface area contributed by atoms with E-state index in [1.807, 2.05) is 18.2 Å². The van der Waals surface area contributed by atoms with Crippen molar-refractivity contribution in [3.8, 4) is 22.5 Å². The molecule has 2 aromatic carbocycles. The molecule has 2 aliphatic rings. The number of aromatic amines is 2. The van der Waals surface area contributed by atoms with Gasteiger partial charge in [0, 0.05) is 37.8 Å². The van der Waals surface area contributed by atoms with E-state index in [1.54, 1.807) is 12.4 Å². The lowest BCUT2D eigenvalue weighted by Crippen LogP contribution is -2.53. The highest BCUT2D eigenvalue weighted by molar-refractivity contribution is 8.05. The number of nitrogens with one attached hydrogen (secondary N) is 5. The van der Waals surface area contributed by atoms with Crippen LogP contribution in [0.25, 0.3) is 33.5 Å². The molecule has 176 valence electrons. The lowest BCUT2D eigenvalue weighted by Gasteiger charge is -2.25. The first-order valence-electron chi connectivity index (χ1n) is 10.5.